The van der Waals surface area contributed by atoms with E-state index < -0.39 is 86.8 Å². The van der Waals surface area contributed by atoms with Gasteiger partial charge in [-0.05, 0) is 13.8 Å². The number of ether oxygens (including phenoxy) is 4. The Morgan fingerprint density at radius 2 is 1.81 bits per heavy atom. The smallest absolute Gasteiger partial charge is 0.406 e. The molecule has 1 saturated heterocycles. The SMILES string of the molecule is COC(=O)C(CO)NP(=O)(OC[C@H]1O[C@@H](n2ccc(=O)[nH]c2=O)[C@H](OC(C)=O)[C@@H]1OC(C)=O)OC(C)C. The minimum Gasteiger partial charge on any atom is -0.468 e. The van der Waals surface area contributed by atoms with Gasteiger partial charge in [-0.25, -0.2) is 14.4 Å². The van der Waals surface area contributed by atoms with Crippen molar-refractivity contribution in [2.24, 2.45) is 0 Å². The lowest BCUT2D eigenvalue weighted by molar-refractivity contribution is -0.165. The van der Waals surface area contributed by atoms with Crippen molar-refractivity contribution in [3.63, 3.8) is 0 Å². The fourth-order valence-corrected chi connectivity index (χ4v) is 5.06. The molecule has 0 radical (unpaired) electrons. The quantitative estimate of drug-likeness (QED) is 0.161. The largest absolute Gasteiger partial charge is 0.468 e. The Labute approximate surface area is 210 Å². The van der Waals surface area contributed by atoms with E-state index >= 15 is 0 Å². The predicted octanol–water partition coefficient (Wildman–Crippen LogP) is -1.03. The van der Waals surface area contributed by atoms with E-state index in [0.29, 0.717) is 0 Å². The molecule has 0 bridgehead atoms. The number of nitrogens with zero attached hydrogens (tertiary/aromatic N) is 1. The van der Waals surface area contributed by atoms with E-state index in [2.05, 4.69) is 9.82 Å². The molecule has 16 nitrogen and oxygen atoms in total. The summed E-state index contributed by atoms with van der Waals surface area (Å²) >= 11 is 0. The molecule has 17 heteroatoms. The lowest BCUT2D eigenvalue weighted by Crippen LogP contribution is -2.43. The lowest BCUT2D eigenvalue weighted by Gasteiger charge is -2.27. The first-order chi connectivity index (χ1) is 17.3. The number of aromatic amines is 1. The van der Waals surface area contributed by atoms with Gasteiger partial charge in [0.2, 0.25) is 0 Å². The number of hydrogen-bond donors (Lipinski definition) is 3. The second-order valence-electron chi connectivity index (χ2n) is 8.07. The summed E-state index contributed by atoms with van der Waals surface area (Å²) < 4.78 is 46.0. The fraction of sp³-hybridized carbons (Fsp3) is 0.650. The van der Waals surface area contributed by atoms with Crippen LogP contribution in [0.1, 0.15) is 33.9 Å². The van der Waals surface area contributed by atoms with Crippen molar-refractivity contribution in [1.82, 2.24) is 14.6 Å². The molecule has 1 aliphatic heterocycles. The van der Waals surface area contributed by atoms with Crippen molar-refractivity contribution in [1.29, 1.82) is 0 Å². The number of aliphatic hydroxyl groups is 1. The summed E-state index contributed by atoms with van der Waals surface area (Å²) in [6, 6.07) is -0.443. The van der Waals surface area contributed by atoms with Gasteiger partial charge in [0, 0.05) is 26.1 Å². The summed E-state index contributed by atoms with van der Waals surface area (Å²) in [5, 5.41) is 11.8. The van der Waals surface area contributed by atoms with E-state index in [1.807, 2.05) is 4.98 Å². The zero-order chi connectivity index (χ0) is 27.9. The number of carbonyl (C=O) groups is 3. The number of carbonyl (C=O) groups excluding carboxylic acids is 3. The topological polar surface area (TPSA) is 211 Å². The standard InChI is InChI=1S/C20H30N3O13P/c1-10(2)36-37(30,22-13(8-24)19(28)31-5)32-9-14-16(33-11(3)25)17(34-12(4)26)18(35-14)23-7-6-15(27)21-20(23)29/h6-7,10,13-14,16-18,24H,8-9H2,1-5H3,(H,22,30)(H,21,27,29)/t13?,14-,16-,17-,18-,37?/m1/s1. The predicted molar refractivity (Wildman–Crippen MR) is 122 cm³/mol. The van der Waals surface area contributed by atoms with Crippen LogP contribution in [0.3, 0.4) is 0 Å². The molecule has 2 unspecified atom stereocenters. The number of hydrogen-bond acceptors (Lipinski definition) is 13. The van der Waals surface area contributed by atoms with E-state index in [-0.39, 0.29) is 0 Å². The average molecular weight is 551 g/mol. The van der Waals surface area contributed by atoms with Crippen LogP contribution in [0.5, 0.6) is 0 Å². The van der Waals surface area contributed by atoms with Crippen molar-refractivity contribution in [3.05, 3.63) is 33.1 Å². The molecule has 1 aliphatic rings. The van der Waals surface area contributed by atoms with Crippen LogP contribution in [0.25, 0.3) is 0 Å². The Hall–Kier alpha value is -2.88. The second-order valence-corrected chi connectivity index (χ2v) is 9.79. The number of aromatic nitrogens is 2. The molecule has 0 aliphatic carbocycles. The van der Waals surface area contributed by atoms with Crippen LogP contribution in [-0.4, -0.2) is 83.3 Å². The maximum absolute atomic E-state index is 13.4. The summed E-state index contributed by atoms with van der Waals surface area (Å²) in [7, 11) is -3.28. The third-order valence-electron chi connectivity index (χ3n) is 4.76. The highest BCUT2D eigenvalue weighted by Crippen LogP contribution is 2.47. The number of nitrogens with one attached hydrogen (secondary N) is 2. The molecular weight excluding hydrogens is 521 g/mol. The second kappa shape index (κ2) is 13.1. The Balaban J connectivity index is 2.40. The summed E-state index contributed by atoms with van der Waals surface area (Å²) in [6.45, 7) is 3.81. The first kappa shape index (κ1) is 30.3. The maximum Gasteiger partial charge on any atom is 0.406 e. The third-order valence-corrected chi connectivity index (χ3v) is 6.57. The normalized spacial score (nSPS) is 23.8. The summed E-state index contributed by atoms with van der Waals surface area (Å²) in [5.41, 5.74) is -1.60. The Bertz CT molecular complexity index is 1130. The highest BCUT2D eigenvalue weighted by atomic mass is 31.2. The van der Waals surface area contributed by atoms with Crippen LogP contribution in [-0.2, 0) is 46.9 Å². The van der Waals surface area contributed by atoms with Gasteiger partial charge in [-0.3, -0.25) is 37.8 Å². The number of methoxy groups -OCH3 is 1. The van der Waals surface area contributed by atoms with Crippen molar-refractivity contribution in [3.8, 4) is 0 Å². The van der Waals surface area contributed by atoms with Gasteiger partial charge in [0.05, 0.1) is 26.4 Å². The number of esters is 3. The molecule has 6 atom stereocenters. The first-order valence-corrected chi connectivity index (χ1v) is 12.5. The Morgan fingerprint density at radius 1 is 1.19 bits per heavy atom. The highest BCUT2D eigenvalue weighted by Gasteiger charge is 2.51. The summed E-state index contributed by atoms with van der Waals surface area (Å²) in [6.07, 6.45) is -4.99. The van der Waals surface area contributed by atoms with Crippen molar-refractivity contribution in [2.75, 3.05) is 20.3 Å². The van der Waals surface area contributed by atoms with Crippen molar-refractivity contribution in [2.45, 2.75) is 64.4 Å². The molecule has 0 amide bonds. The summed E-state index contributed by atoms with van der Waals surface area (Å²) in [4.78, 5) is 61.4. The van der Waals surface area contributed by atoms with Crippen LogP contribution >= 0.6 is 7.75 Å². The van der Waals surface area contributed by atoms with Gasteiger partial charge in [-0.1, -0.05) is 0 Å². The zero-order valence-corrected chi connectivity index (χ0v) is 21.7. The molecule has 2 heterocycles. The zero-order valence-electron chi connectivity index (χ0n) is 20.8. The first-order valence-electron chi connectivity index (χ1n) is 11.0. The molecular formula is C20H30N3O13P. The number of H-pyrrole nitrogens is 1. The fourth-order valence-electron chi connectivity index (χ4n) is 3.39. The molecule has 3 N–H and O–H groups in total. The van der Waals surface area contributed by atoms with Crippen LogP contribution in [0.15, 0.2) is 21.9 Å². The van der Waals surface area contributed by atoms with Gasteiger partial charge in [-0.15, -0.1) is 0 Å². The van der Waals surface area contributed by atoms with E-state index in [4.69, 9.17) is 23.3 Å². The minimum atomic E-state index is -4.34. The molecule has 0 aromatic carbocycles. The van der Waals surface area contributed by atoms with Crippen LogP contribution in [0.2, 0.25) is 0 Å². The van der Waals surface area contributed by atoms with E-state index in [1.165, 1.54) is 13.8 Å². The monoisotopic (exact) mass is 551 g/mol. The van der Waals surface area contributed by atoms with Gasteiger partial charge >= 0.3 is 31.3 Å². The Morgan fingerprint density at radius 3 is 2.32 bits per heavy atom. The van der Waals surface area contributed by atoms with Gasteiger partial charge in [0.1, 0.15) is 12.1 Å². The molecule has 0 saturated carbocycles. The van der Waals surface area contributed by atoms with Gasteiger partial charge in [0.15, 0.2) is 18.4 Å². The highest BCUT2D eigenvalue weighted by molar-refractivity contribution is 7.51. The van der Waals surface area contributed by atoms with E-state index in [0.717, 1.165) is 37.8 Å². The van der Waals surface area contributed by atoms with Crippen molar-refractivity contribution >= 4 is 25.7 Å². The minimum absolute atomic E-state index is 0.624. The molecule has 1 fully saturated rings. The number of aliphatic hydroxyl groups excluding tert-OH is 1. The van der Waals surface area contributed by atoms with Gasteiger partial charge in [-0.2, -0.15) is 0 Å². The van der Waals surface area contributed by atoms with Gasteiger partial charge < -0.3 is 24.1 Å². The van der Waals surface area contributed by atoms with Crippen LogP contribution in [0.4, 0.5) is 0 Å². The molecule has 0 spiro atoms. The van der Waals surface area contributed by atoms with Gasteiger partial charge in [0.25, 0.3) is 5.56 Å². The molecule has 2 rings (SSSR count). The number of rotatable bonds is 12. The van der Waals surface area contributed by atoms with E-state index in [1.54, 1.807) is 0 Å². The average Bonchev–Trinajstić information content (AvgIpc) is 3.10. The summed E-state index contributed by atoms with van der Waals surface area (Å²) in [5.74, 6) is -2.54. The Kier molecular flexibility index (Phi) is 10.7. The van der Waals surface area contributed by atoms with E-state index in [9.17, 15) is 33.6 Å². The lowest BCUT2D eigenvalue weighted by atomic mass is 10.1. The maximum atomic E-state index is 13.4. The molecule has 1 aromatic rings. The molecule has 1 aromatic heterocycles. The molecule has 37 heavy (non-hydrogen) atoms. The molecule has 208 valence electrons. The van der Waals surface area contributed by atoms with Crippen LogP contribution < -0.4 is 16.3 Å². The third kappa shape index (κ3) is 8.31. The van der Waals surface area contributed by atoms with Crippen LogP contribution in [0, 0.1) is 0 Å². The van der Waals surface area contributed by atoms with Crippen molar-refractivity contribution < 1.29 is 52.1 Å².